The van der Waals surface area contributed by atoms with Crippen molar-refractivity contribution in [3.8, 4) is 0 Å². The Labute approximate surface area is 161 Å². The Morgan fingerprint density at radius 1 is 1.46 bits per heavy atom. The van der Waals surface area contributed by atoms with E-state index in [-0.39, 0.29) is 24.0 Å². The van der Waals surface area contributed by atoms with Gasteiger partial charge in [-0.2, -0.15) is 0 Å². The number of guanidine groups is 1. The molecule has 8 heteroatoms. The van der Waals surface area contributed by atoms with Crippen molar-refractivity contribution >= 4 is 29.9 Å². The first-order valence-corrected chi connectivity index (χ1v) is 8.36. The molecule has 0 radical (unpaired) electrons. The largest absolute Gasteiger partial charge is 0.381 e. The van der Waals surface area contributed by atoms with Gasteiger partial charge in [0, 0.05) is 38.8 Å². The lowest BCUT2D eigenvalue weighted by atomic mass is 10.1. The van der Waals surface area contributed by atoms with E-state index in [1.165, 1.54) is 0 Å². The van der Waals surface area contributed by atoms with Gasteiger partial charge in [-0.15, -0.1) is 24.0 Å². The van der Waals surface area contributed by atoms with Crippen LogP contribution in [0.25, 0.3) is 0 Å². The summed E-state index contributed by atoms with van der Waals surface area (Å²) in [5.41, 5.74) is 0.967. The van der Waals surface area contributed by atoms with Crippen molar-refractivity contribution in [3.05, 3.63) is 17.5 Å². The third-order valence-electron chi connectivity index (χ3n) is 3.76. The molecule has 0 spiro atoms. The highest BCUT2D eigenvalue weighted by atomic mass is 127. The number of hydrogen-bond donors (Lipinski definition) is 2. The van der Waals surface area contributed by atoms with E-state index in [0.717, 1.165) is 69.6 Å². The van der Waals surface area contributed by atoms with Gasteiger partial charge < -0.3 is 24.6 Å². The smallest absolute Gasteiger partial charge is 0.191 e. The zero-order valence-electron chi connectivity index (χ0n) is 14.5. The van der Waals surface area contributed by atoms with Crippen molar-refractivity contribution < 1.29 is 14.0 Å². The van der Waals surface area contributed by atoms with Crippen LogP contribution in [0.5, 0.6) is 0 Å². The number of nitrogens with one attached hydrogen (secondary N) is 2. The fourth-order valence-corrected chi connectivity index (χ4v) is 2.34. The van der Waals surface area contributed by atoms with Crippen LogP contribution in [-0.4, -0.2) is 51.1 Å². The molecule has 7 nitrogen and oxygen atoms in total. The summed E-state index contributed by atoms with van der Waals surface area (Å²) in [6, 6.07) is 1.96. The number of rotatable bonds is 9. The van der Waals surface area contributed by atoms with Crippen LogP contribution in [0.1, 0.15) is 31.2 Å². The number of aromatic nitrogens is 1. The second-order valence-electron chi connectivity index (χ2n) is 5.65. The van der Waals surface area contributed by atoms with Crippen molar-refractivity contribution in [3.63, 3.8) is 0 Å². The summed E-state index contributed by atoms with van der Waals surface area (Å²) in [5.74, 6) is 2.14. The van der Waals surface area contributed by atoms with Crippen LogP contribution in [0.4, 0.5) is 0 Å². The Hall–Kier alpha value is -0.870. The third kappa shape index (κ3) is 7.80. The highest BCUT2D eigenvalue weighted by Crippen LogP contribution is 2.12. The molecule has 0 aliphatic carbocycles. The molecule has 0 bridgehead atoms. The summed E-state index contributed by atoms with van der Waals surface area (Å²) in [7, 11) is 1.75. The van der Waals surface area contributed by atoms with Crippen molar-refractivity contribution in [1.82, 2.24) is 15.8 Å². The van der Waals surface area contributed by atoms with E-state index in [2.05, 4.69) is 27.7 Å². The standard InChI is InChI=1S/C16H28N4O3.HI/c1-3-14-9-15(23-20-14)10-19-16(17-2)18-6-4-7-21-11-13-5-8-22-12-13;/h9,13H,3-8,10-12H2,1-2H3,(H2,17,18,19);1H. The van der Waals surface area contributed by atoms with Gasteiger partial charge in [0.1, 0.15) is 0 Å². The SMILES string of the molecule is CCc1cc(CNC(=NC)NCCCOCC2CCOC2)on1.I. The van der Waals surface area contributed by atoms with Gasteiger partial charge in [0.25, 0.3) is 0 Å². The van der Waals surface area contributed by atoms with Crippen molar-refractivity contribution in [2.24, 2.45) is 10.9 Å². The van der Waals surface area contributed by atoms with Gasteiger partial charge in [0.2, 0.25) is 0 Å². The molecule has 1 aliphatic heterocycles. The van der Waals surface area contributed by atoms with Crippen molar-refractivity contribution in [1.29, 1.82) is 0 Å². The third-order valence-corrected chi connectivity index (χ3v) is 3.76. The zero-order valence-corrected chi connectivity index (χ0v) is 16.9. The zero-order chi connectivity index (χ0) is 16.3. The van der Waals surface area contributed by atoms with Crippen LogP contribution >= 0.6 is 24.0 Å². The summed E-state index contributed by atoms with van der Waals surface area (Å²) in [5, 5.41) is 10.4. The van der Waals surface area contributed by atoms with E-state index >= 15 is 0 Å². The van der Waals surface area contributed by atoms with Crippen LogP contribution in [0.2, 0.25) is 0 Å². The van der Waals surface area contributed by atoms with Crippen LogP contribution in [0.15, 0.2) is 15.6 Å². The Kier molecular flexibility index (Phi) is 11.0. The number of hydrogen-bond acceptors (Lipinski definition) is 5. The lowest BCUT2D eigenvalue weighted by molar-refractivity contribution is 0.0888. The first-order chi connectivity index (χ1) is 11.3. The molecule has 2 N–H and O–H groups in total. The number of aliphatic imine (C=N–C) groups is 1. The van der Waals surface area contributed by atoms with E-state index in [0.29, 0.717) is 12.5 Å². The quantitative estimate of drug-likeness (QED) is 0.258. The maximum atomic E-state index is 5.67. The Morgan fingerprint density at radius 2 is 2.33 bits per heavy atom. The van der Waals surface area contributed by atoms with Gasteiger partial charge in [-0.3, -0.25) is 4.99 Å². The molecule has 1 unspecified atom stereocenters. The van der Waals surface area contributed by atoms with Crippen molar-refractivity contribution in [2.45, 2.75) is 32.7 Å². The minimum absolute atomic E-state index is 0. The fourth-order valence-electron chi connectivity index (χ4n) is 2.34. The summed E-state index contributed by atoms with van der Waals surface area (Å²) in [6.45, 7) is 6.72. The molecule has 1 aromatic rings. The molecule has 2 rings (SSSR count). The Morgan fingerprint density at radius 3 is 3.00 bits per heavy atom. The highest BCUT2D eigenvalue weighted by Gasteiger charge is 2.15. The summed E-state index contributed by atoms with van der Waals surface area (Å²) < 4.78 is 16.2. The molecule has 138 valence electrons. The molecular formula is C16H29IN4O3. The molecule has 0 amide bonds. The van der Waals surface area contributed by atoms with E-state index in [1.807, 2.05) is 6.07 Å². The maximum Gasteiger partial charge on any atom is 0.191 e. The topological polar surface area (TPSA) is 80.9 Å². The molecule has 0 saturated carbocycles. The van der Waals surface area contributed by atoms with Crippen LogP contribution < -0.4 is 10.6 Å². The van der Waals surface area contributed by atoms with Gasteiger partial charge in [0.05, 0.1) is 25.5 Å². The highest BCUT2D eigenvalue weighted by molar-refractivity contribution is 14.0. The van der Waals surface area contributed by atoms with Crippen LogP contribution in [0, 0.1) is 5.92 Å². The van der Waals surface area contributed by atoms with Gasteiger partial charge in [-0.25, -0.2) is 0 Å². The molecule has 1 aliphatic rings. The number of nitrogens with zero attached hydrogens (tertiary/aromatic N) is 2. The molecule has 1 saturated heterocycles. The van der Waals surface area contributed by atoms with Gasteiger partial charge >= 0.3 is 0 Å². The lowest BCUT2D eigenvalue weighted by Crippen LogP contribution is -2.37. The van der Waals surface area contributed by atoms with Gasteiger partial charge in [0.15, 0.2) is 11.7 Å². The molecule has 1 fully saturated rings. The predicted octanol–water partition coefficient (Wildman–Crippen LogP) is 1.96. The van der Waals surface area contributed by atoms with Crippen LogP contribution in [-0.2, 0) is 22.4 Å². The van der Waals surface area contributed by atoms with E-state index in [9.17, 15) is 0 Å². The molecule has 24 heavy (non-hydrogen) atoms. The van der Waals surface area contributed by atoms with E-state index < -0.39 is 0 Å². The molecular weight excluding hydrogens is 423 g/mol. The fraction of sp³-hybridized carbons (Fsp3) is 0.750. The summed E-state index contributed by atoms with van der Waals surface area (Å²) in [6.07, 6.45) is 2.94. The maximum absolute atomic E-state index is 5.67. The number of halogens is 1. The molecule has 2 heterocycles. The Bertz CT molecular complexity index is 476. The lowest BCUT2D eigenvalue weighted by Gasteiger charge is -2.11. The number of ether oxygens (including phenoxy) is 2. The van der Waals surface area contributed by atoms with Gasteiger partial charge in [-0.1, -0.05) is 12.1 Å². The average molecular weight is 452 g/mol. The average Bonchev–Trinajstić information content (AvgIpc) is 3.25. The Balaban J connectivity index is 0.00000288. The van der Waals surface area contributed by atoms with Crippen LogP contribution in [0.3, 0.4) is 0 Å². The van der Waals surface area contributed by atoms with E-state index in [4.69, 9.17) is 14.0 Å². The second-order valence-corrected chi connectivity index (χ2v) is 5.65. The van der Waals surface area contributed by atoms with Crippen molar-refractivity contribution in [2.75, 3.05) is 40.0 Å². The van der Waals surface area contributed by atoms with Gasteiger partial charge in [-0.05, 0) is 19.3 Å². The first-order valence-electron chi connectivity index (χ1n) is 8.36. The molecule has 0 aromatic carbocycles. The summed E-state index contributed by atoms with van der Waals surface area (Å²) in [4.78, 5) is 4.19. The first kappa shape index (κ1) is 21.2. The summed E-state index contributed by atoms with van der Waals surface area (Å²) >= 11 is 0. The minimum atomic E-state index is 0. The monoisotopic (exact) mass is 452 g/mol. The molecule has 1 atom stereocenters. The normalized spacial score (nSPS) is 17.6. The minimum Gasteiger partial charge on any atom is -0.381 e. The number of aryl methyl sites for hydroxylation is 1. The second kappa shape index (κ2) is 12.5. The van der Waals surface area contributed by atoms with E-state index in [1.54, 1.807) is 7.05 Å². The molecule has 1 aromatic heterocycles. The predicted molar refractivity (Wildman–Crippen MR) is 104 cm³/mol.